The molecular weight excluding hydrogens is 342 g/mol. The van der Waals surface area contributed by atoms with Gasteiger partial charge in [0.1, 0.15) is 12.4 Å². The molecule has 5 nitrogen and oxygen atoms in total. The molecule has 0 fully saturated rings. The number of benzene rings is 2. The molecule has 0 saturated heterocycles. The van der Waals surface area contributed by atoms with Crippen molar-refractivity contribution in [3.63, 3.8) is 0 Å². The first-order valence-electron chi connectivity index (χ1n) is 9.40. The third-order valence-corrected chi connectivity index (χ3v) is 4.28. The van der Waals surface area contributed by atoms with Crippen LogP contribution in [0.3, 0.4) is 0 Å². The fraction of sp³-hybridized carbons (Fsp3) is 0.409. The van der Waals surface area contributed by atoms with E-state index in [2.05, 4.69) is 29.6 Å². The van der Waals surface area contributed by atoms with Crippen LogP contribution in [0.1, 0.15) is 25.7 Å². The molecule has 2 rings (SSSR count). The summed E-state index contributed by atoms with van der Waals surface area (Å²) in [6, 6.07) is 14.3. The highest BCUT2D eigenvalue weighted by Crippen LogP contribution is 2.25. The van der Waals surface area contributed by atoms with E-state index in [0.717, 1.165) is 48.0 Å². The second-order valence-corrected chi connectivity index (χ2v) is 6.44. The van der Waals surface area contributed by atoms with E-state index >= 15 is 0 Å². The van der Waals surface area contributed by atoms with Crippen molar-refractivity contribution in [2.75, 3.05) is 33.4 Å². The van der Waals surface area contributed by atoms with Gasteiger partial charge in [-0.05, 0) is 36.3 Å². The van der Waals surface area contributed by atoms with E-state index in [0.29, 0.717) is 19.6 Å². The van der Waals surface area contributed by atoms with Crippen LogP contribution in [0.2, 0.25) is 0 Å². The Balaban J connectivity index is 1.94. The van der Waals surface area contributed by atoms with Crippen LogP contribution in [0.4, 0.5) is 0 Å². The maximum Gasteiger partial charge on any atom is 0.303 e. The van der Waals surface area contributed by atoms with Gasteiger partial charge in [0, 0.05) is 32.0 Å². The lowest BCUT2D eigenvalue weighted by molar-refractivity contribution is -0.137. The largest absolute Gasteiger partial charge is 0.489 e. The molecule has 0 unspecified atom stereocenters. The summed E-state index contributed by atoms with van der Waals surface area (Å²) in [6.45, 7) is 2.68. The summed E-state index contributed by atoms with van der Waals surface area (Å²) in [5.74, 6) is 0.140. The third-order valence-electron chi connectivity index (χ3n) is 4.28. The molecule has 2 aromatic carbocycles. The minimum Gasteiger partial charge on any atom is -0.489 e. The molecule has 0 heterocycles. The summed E-state index contributed by atoms with van der Waals surface area (Å²) in [6.07, 6.45) is 4.80. The molecule has 0 aliphatic rings. The number of carbonyl (C=O) groups is 1. The predicted molar refractivity (Wildman–Crippen MR) is 108 cm³/mol. The second-order valence-electron chi connectivity index (χ2n) is 6.44. The Morgan fingerprint density at radius 2 is 1.96 bits per heavy atom. The van der Waals surface area contributed by atoms with E-state index in [1.807, 2.05) is 24.3 Å². The van der Waals surface area contributed by atoms with E-state index in [1.54, 1.807) is 7.11 Å². The van der Waals surface area contributed by atoms with E-state index in [1.165, 1.54) is 0 Å². The summed E-state index contributed by atoms with van der Waals surface area (Å²) in [4.78, 5) is 10.6. The Morgan fingerprint density at radius 1 is 1.15 bits per heavy atom. The molecule has 0 aliphatic heterocycles. The van der Waals surface area contributed by atoms with E-state index in [4.69, 9.17) is 14.6 Å². The Morgan fingerprint density at radius 3 is 2.78 bits per heavy atom. The molecule has 0 amide bonds. The fourth-order valence-electron chi connectivity index (χ4n) is 2.82. The molecule has 0 saturated carbocycles. The maximum absolute atomic E-state index is 10.6. The number of methoxy groups -OCH3 is 1. The molecule has 146 valence electrons. The summed E-state index contributed by atoms with van der Waals surface area (Å²) in [5, 5.41) is 14.3. The quantitative estimate of drug-likeness (QED) is 0.411. The molecule has 5 heteroatoms. The van der Waals surface area contributed by atoms with E-state index in [9.17, 15) is 4.79 Å². The van der Waals surface area contributed by atoms with Crippen molar-refractivity contribution >= 4 is 16.7 Å². The van der Waals surface area contributed by atoms with Crippen molar-refractivity contribution in [2.45, 2.75) is 25.7 Å². The number of carboxylic acid groups (broad SMARTS) is 1. The Hall–Kier alpha value is -2.37. The highest BCUT2D eigenvalue weighted by molar-refractivity contribution is 5.88. The smallest absolute Gasteiger partial charge is 0.303 e. The van der Waals surface area contributed by atoms with Gasteiger partial charge in [-0.3, -0.25) is 4.79 Å². The number of aliphatic carboxylic acids is 1. The number of carboxylic acids is 1. The first kappa shape index (κ1) is 20.9. The van der Waals surface area contributed by atoms with Crippen LogP contribution in [0.15, 0.2) is 54.1 Å². The van der Waals surface area contributed by atoms with Crippen molar-refractivity contribution in [1.29, 1.82) is 0 Å². The molecule has 27 heavy (non-hydrogen) atoms. The molecule has 2 N–H and O–H groups in total. The predicted octanol–water partition coefficient (Wildman–Crippen LogP) is 4.03. The summed E-state index contributed by atoms with van der Waals surface area (Å²) in [5.41, 5.74) is 1.16. The topological polar surface area (TPSA) is 67.8 Å². The van der Waals surface area contributed by atoms with Gasteiger partial charge in [-0.15, -0.1) is 0 Å². The second kappa shape index (κ2) is 12.1. The zero-order valence-electron chi connectivity index (χ0n) is 15.9. The molecular formula is C22H29NO4. The molecule has 0 radical (unpaired) electrons. The number of hydrogen-bond acceptors (Lipinski definition) is 4. The van der Waals surface area contributed by atoms with Gasteiger partial charge in [0.25, 0.3) is 0 Å². The Labute approximate surface area is 161 Å². The highest BCUT2D eigenvalue weighted by Gasteiger charge is 2.04. The highest BCUT2D eigenvalue weighted by atomic mass is 16.5. The van der Waals surface area contributed by atoms with E-state index in [-0.39, 0.29) is 6.42 Å². The first-order valence-corrected chi connectivity index (χ1v) is 9.40. The van der Waals surface area contributed by atoms with Crippen molar-refractivity contribution in [3.8, 4) is 5.75 Å². The SMILES string of the molecule is COCCNCC(=CCCCCC(=O)O)COc1cccc2ccccc12. The lowest BCUT2D eigenvalue weighted by Gasteiger charge is -2.13. The van der Waals surface area contributed by atoms with Gasteiger partial charge in [0.2, 0.25) is 0 Å². The van der Waals surface area contributed by atoms with Gasteiger partial charge in [0.15, 0.2) is 0 Å². The lowest BCUT2D eigenvalue weighted by atomic mass is 10.1. The van der Waals surface area contributed by atoms with Crippen molar-refractivity contribution < 1.29 is 19.4 Å². The summed E-state index contributed by atoms with van der Waals surface area (Å²) >= 11 is 0. The molecule has 0 aromatic heterocycles. The Bertz CT molecular complexity index is 737. The van der Waals surface area contributed by atoms with Crippen LogP contribution < -0.4 is 10.1 Å². The normalized spacial score (nSPS) is 11.7. The third kappa shape index (κ3) is 7.81. The standard InChI is InChI=1S/C22H29NO4/c1-26-15-14-23-16-18(8-3-2-4-13-22(24)25)17-27-21-12-7-10-19-9-5-6-11-20(19)21/h5-12,23H,2-4,13-17H2,1H3,(H,24,25). The average Bonchev–Trinajstić information content (AvgIpc) is 2.68. The van der Waals surface area contributed by atoms with Crippen LogP contribution in [0.25, 0.3) is 10.8 Å². The number of hydrogen-bond donors (Lipinski definition) is 2. The van der Waals surface area contributed by atoms with Gasteiger partial charge in [-0.1, -0.05) is 42.5 Å². The average molecular weight is 371 g/mol. The number of rotatable bonds is 13. The molecule has 0 aliphatic carbocycles. The minimum atomic E-state index is -0.736. The van der Waals surface area contributed by atoms with Crippen LogP contribution >= 0.6 is 0 Å². The van der Waals surface area contributed by atoms with Crippen LogP contribution in [-0.2, 0) is 9.53 Å². The van der Waals surface area contributed by atoms with Crippen molar-refractivity contribution in [3.05, 3.63) is 54.1 Å². The van der Waals surface area contributed by atoms with Crippen LogP contribution in [0, 0.1) is 0 Å². The van der Waals surface area contributed by atoms with Gasteiger partial charge in [-0.2, -0.15) is 0 Å². The summed E-state index contributed by atoms with van der Waals surface area (Å²) < 4.78 is 11.2. The van der Waals surface area contributed by atoms with E-state index < -0.39 is 5.97 Å². The number of nitrogens with one attached hydrogen (secondary N) is 1. The lowest BCUT2D eigenvalue weighted by Crippen LogP contribution is -2.23. The molecule has 0 spiro atoms. The van der Waals surface area contributed by atoms with Crippen LogP contribution in [0.5, 0.6) is 5.75 Å². The van der Waals surface area contributed by atoms with Crippen molar-refractivity contribution in [1.82, 2.24) is 5.32 Å². The molecule has 2 aromatic rings. The van der Waals surface area contributed by atoms with Gasteiger partial charge < -0.3 is 19.9 Å². The summed E-state index contributed by atoms with van der Waals surface area (Å²) in [7, 11) is 1.69. The van der Waals surface area contributed by atoms with Crippen LogP contribution in [-0.4, -0.2) is 44.5 Å². The minimum absolute atomic E-state index is 0.224. The zero-order valence-corrected chi connectivity index (χ0v) is 15.9. The van der Waals surface area contributed by atoms with Gasteiger partial charge in [0.05, 0.1) is 6.61 Å². The van der Waals surface area contributed by atoms with Gasteiger partial charge >= 0.3 is 5.97 Å². The maximum atomic E-state index is 10.6. The number of allylic oxidation sites excluding steroid dienone is 1. The molecule has 0 bridgehead atoms. The number of ether oxygens (including phenoxy) is 2. The molecule has 0 atom stereocenters. The number of unbranched alkanes of at least 4 members (excludes halogenated alkanes) is 2. The first-order chi connectivity index (χ1) is 13.2. The fourth-order valence-corrected chi connectivity index (χ4v) is 2.82. The Kier molecular flexibility index (Phi) is 9.38. The monoisotopic (exact) mass is 371 g/mol. The van der Waals surface area contributed by atoms with Gasteiger partial charge in [-0.25, -0.2) is 0 Å². The van der Waals surface area contributed by atoms with Crippen molar-refractivity contribution in [2.24, 2.45) is 0 Å². The zero-order chi connectivity index (χ0) is 19.3. The number of fused-ring (bicyclic) bond motifs is 1.